The minimum absolute atomic E-state index is 0.106. The van der Waals surface area contributed by atoms with Crippen LogP contribution in [0.25, 0.3) is 0 Å². The lowest BCUT2D eigenvalue weighted by molar-refractivity contribution is -0.151. The molecule has 3 fully saturated rings. The molecule has 27 heavy (non-hydrogen) atoms. The van der Waals surface area contributed by atoms with Gasteiger partial charge in [0.2, 0.25) is 5.91 Å². The Kier molecular flexibility index (Phi) is 5.85. The van der Waals surface area contributed by atoms with Crippen LogP contribution in [0.4, 0.5) is 0 Å². The Morgan fingerprint density at radius 1 is 1.19 bits per heavy atom. The van der Waals surface area contributed by atoms with Gasteiger partial charge in [-0.25, -0.2) is 0 Å². The largest absolute Gasteiger partial charge is 0.462 e. The van der Waals surface area contributed by atoms with Crippen LogP contribution in [0.1, 0.15) is 63.1 Å². The number of piperidine rings is 1. The molecule has 0 saturated carbocycles. The normalized spacial score (nSPS) is 26.4. The molecule has 4 heterocycles. The van der Waals surface area contributed by atoms with Crippen molar-refractivity contribution in [2.45, 2.75) is 63.7 Å². The summed E-state index contributed by atoms with van der Waals surface area (Å²) in [4.78, 5) is 16.3. The summed E-state index contributed by atoms with van der Waals surface area (Å²) >= 11 is 0. The van der Waals surface area contributed by atoms with E-state index >= 15 is 0 Å². The maximum atomic E-state index is 11.9. The average molecular weight is 376 g/mol. The number of hydrogen-bond acceptors (Lipinski definition) is 5. The topological polar surface area (TPSA) is 55.2 Å². The zero-order valence-electron chi connectivity index (χ0n) is 16.5. The van der Waals surface area contributed by atoms with Gasteiger partial charge < -0.3 is 18.8 Å². The van der Waals surface area contributed by atoms with Gasteiger partial charge in [-0.05, 0) is 44.2 Å². The van der Waals surface area contributed by atoms with Crippen LogP contribution in [0.2, 0.25) is 0 Å². The van der Waals surface area contributed by atoms with Crippen LogP contribution in [0.3, 0.4) is 0 Å². The monoisotopic (exact) mass is 376 g/mol. The number of carbonyl (C=O) groups is 1. The van der Waals surface area contributed by atoms with Crippen molar-refractivity contribution in [1.82, 2.24) is 9.80 Å². The Labute approximate surface area is 161 Å². The summed E-state index contributed by atoms with van der Waals surface area (Å²) in [7, 11) is 0. The molecule has 3 saturated heterocycles. The number of rotatable bonds is 4. The highest BCUT2D eigenvalue weighted by Gasteiger charge is 2.40. The fourth-order valence-electron chi connectivity index (χ4n) is 4.59. The molecule has 1 atom stereocenters. The van der Waals surface area contributed by atoms with Crippen LogP contribution in [-0.2, 0) is 20.8 Å². The van der Waals surface area contributed by atoms with Gasteiger partial charge in [-0.3, -0.25) is 9.69 Å². The SMILES string of the molecule is CCC(=O)N1CCC2(CC1)CN(Cc1ccc(C3CCCCO3)o1)CCO2. The van der Waals surface area contributed by atoms with Crippen molar-refractivity contribution in [2.24, 2.45) is 0 Å². The zero-order chi connectivity index (χ0) is 18.7. The second-order valence-corrected chi connectivity index (χ2v) is 8.14. The minimum Gasteiger partial charge on any atom is -0.462 e. The summed E-state index contributed by atoms with van der Waals surface area (Å²) in [5.41, 5.74) is -0.106. The van der Waals surface area contributed by atoms with E-state index in [0.717, 1.165) is 83.1 Å². The lowest BCUT2D eigenvalue weighted by atomic mass is 9.89. The molecule has 4 rings (SSSR count). The highest BCUT2D eigenvalue weighted by Crippen LogP contribution is 2.32. The predicted molar refractivity (Wildman–Crippen MR) is 101 cm³/mol. The number of furan rings is 1. The lowest BCUT2D eigenvalue weighted by Gasteiger charge is -2.47. The molecule has 1 aromatic heterocycles. The first-order chi connectivity index (χ1) is 13.2. The van der Waals surface area contributed by atoms with Gasteiger partial charge in [0.05, 0.1) is 18.8 Å². The van der Waals surface area contributed by atoms with Crippen LogP contribution in [0.15, 0.2) is 16.5 Å². The molecular weight excluding hydrogens is 344 g/mol. The number of nitrogens with zero attached hydrogens (tertiary/aromatic N) is 2. The molecule has 1 aromatic rings. The summed E-state index contributed by atoms with van der Waals surface area (Å²) < 4.78 is 18.1. The van der Waals surface area contributed by atoms with E-state index in [1.807, 2.05) is 11.8 Å². The fraction of sp³-hybridized carbons (Fsp3) is 0.762. The van der Waals surface area contributed by atoms with E-state index in [1.54, 1.807) is 0 Å². The number of likely N-dealkylation sites (tertiary alicyclic amines) is 1. The maximum absolute atomic E-state index is 11.9. The summed E-state index contributed by atoms with van der Waals surface area (Å²) in [5.74, 6) is 2.24. The lowest BCUT2D eigenvalue weighted by Crippen LogP contribution is -2.57. The number of ether oxygens (including phenoxy) is 2. The van der Waals surface area contributed by atoms with Crippen molar-refractivity contribution in [3.8, 4) is 0 Å². The molecule has 0 aromatic carbocycles. The van der Waals surface area contributed by atoms with Gasteiger partial charge >= 0.3 is 0 Å². The van der Waals surface area contributed by atoms with E-state index < -0.39 is 0 Å². The zero-order valence-corrected chi connectivity index (χ0v) is 16.5. The smallest absolute Gasteiger partial charge is 0.222 e. The number of carbonyl (C=O) groups excluding carboxylic acids is 1. The maximum Gasteiger partial charge on any atom is 0.222 e. The quantitative estimate of drug-likeness (QED) is 0.808. The van der Waals surface area contributed by atoms with Gasteiger partial charge in [-0.1, -0.05) is 6.92 Å². The number of hydrogen-bond donors (Lipinski definition) is 0. The van der Waals surface area contributed by atoms with Crippen molar-refractivity contribution in [2.75, 3.05) is 39.4 Å². The van der Waals surface area contributed by atoms with Gasteiger partial charge in [-0.15, -0.1) is 0 Å². The Morgan fingerprint density at radius 2 is 2.04 bits per heavy atom. The highest BCUT2D eigenvalue weighted by atomic mass is 16.5. The average Bonchev–Trinajstić information content (AvgIpc) is 3.17. The molecule has 0 N–H and O–H groups in total. The first kappa shape index (κ1) is 19.0. The Hall–Kier alpha value is -1.37. The summed E-state index contributed by atoms with van der Waals surface area (Å²) in [6.45, 7) is 7.80. The van der Waals surface area contributed by atoms with Gasteiger partial charge in [-0.2, -0.15) is 0 Å². The molecule has 1 spiro atoms. The molecule has 0 bridgehead atoms. The molecule has 1 unspecified atom stereocenters. The molecule has 0 radical (unpaired) electrons. The molecule has 6 nitrogen and oxygen atoms in total. The van der Waals surface area contributed by atoms with E-state index in [9.17, 15) is 4.79 Å². The van der Waals surface area contributed by atoms with Crippen molar-refractivity contribution in [1.29, 1.82) is 0 Å². The Balaban J connectivity index is 1.33. The second kappa shape index (κ2) is 8.33. The third kappa shape index (κ3) is 4.39. The van der Waals surface area contributed by atoms with E-state index in [1.165, 1.54) is 6.42 Å². The first-order valence-corrected chi connectivity index (χ1v) is 10.5. The molecule has 0 aliphatic carbocycles. The van der Waals surface area contributed by atoms with E-state index in [-0.39, 0.29) is 17.6 Å². The van der Waals surface area contributed by atoms with E-state index in [4.69, 9.17) is 13.9 Å². The molecule has 150 valence electrons. The highest BCUT2D eigenvalue weighted by molar-refractivity contribution is 5.75. The molecule has 3 aliphatic heterocycles. The van der Waals surface area contributed by atoms with Crippen molar-refractivity contribution < 1.29 is 18.7 Å². The van der Waals surface area contributed by atoms with Gasteiger partial charge in [0.1, 0.15) is 17.6 Å². The Bertz CT molecular complexity index is 630. The fourth-order valence-corrected chi connectivity index (χ4v) is 4.59. The molecular formula is C21H32N2O4. The Morgan fingerprint density at radius 3 is 2.78 bits per heavy atom. The third-order valence-corrected chi connectivity index (χ3v) is 6.22. The van der Waals surface area contributed by atoms with E-state index in [0.29, 0.717) is 6.42 Å². The first-order valence-electron chi connectivity index (χ1n) is 10.5. The van der Waals surface area contributed by atoms with Crippen LogP contribution < -0.4 is 0 Å². The van der Waals surface area contributed by atoms with Crippen LogP contribution >= 0.6 is 0 Å². The predicted octanol–water partition coefficient (Wildman–Crippen LogP) is 3.12. The van der Waals surface area contributed by atoms with Crippen molar-refractivity contribution in [3.63, 3.8) is 0 Å². The molecule has 1 amide bonds. The van der Waals surface area contributed by atoms with Crippen molar-refractivity contribution >= 4 is 5.91 Å². The van der Waals surface area contributed by atoms with Gasteiger partial charge in [0, 0.05) is 39.2 Å². The second-order valence-electron chi connectivity index (χ2n) is 8.14. The van der Waals surface area contributed by atoms with Crippen LogP contribution in [0.5, 0.6) is 0 Å². The van der Waals surface area contributed by atoms with E-state index in [2.05, 4.69) is 17.0 Å². The summed E-state index contributed by atoms with van der Waals surface area (Å²) in [5, 5.41) is 0. The minimum atomic E-state index is -0.106. The molecule has 6 heteroatoms. The standard InChI is InChI=1S/C21H32N2O4/c1-2-20(24)23-10-8-21(9-11-23)16-22(12-14-26-21)15-17-6-7-19(27-17)18-5-3-4-13-25-18/h6-7,18H,2-5,8-16H2,1H3. The van der Waals surface area contributed by atoms with Crippen molar-refractivity contribution in [3.05, 3.63) is 23.7 Å². The van der Waals surface area contributed by atoms with Crippen LogP contribution in [-0.4, -0.2) is 60.7 Å². The van der Waals surface area contributed by atoms with Gasteiger partial charge in [0.15, 0.2) is 0 Å². The summed E-state index contributed by atoms with van der Waals surface area (Å²) in [6.07, 6.45) is 5.99. The van der Waals surface area contributed by atoms with Crippen LogP contribution in [0, 0.1) is 0 Å². The number of morpholine rings is 1. The molecule has 3 aliphatic rings. The van der Waals surface area contributed by atoms with Gasteiger partial charge in [0.25, 0.3) is 0 Å². The number of amides is 1. The summed E-state index contributed by atoms with van der Waals surface area (Å²) in [6, 6.07) is 4.17. The third-order valence-electron chi connectivity index (χ3n) is 6.22.